The van der Waals surface area contributed by atoms with Gasteiger partial charge in [-0.1, -0.05) is 213 Å². The molecule has 0 heterocycles. The van der Waals surface area contributed by atoms with Crippen molar-refractivity contribution in [2.75, 3.05) is 19.8 Å². The highest BCUT2D eigenvalue weighted by atomic mass is 31.2. The number of hydrogen-bond donors (Lipinski definition) is 0. The molecule has 0 atom stereocenters. The van der Waals surface area contributed by atoms with Gasteiger partial charge in [-0.05, 0) is 19.3 Å². The van der Waals surface area contributed by atoms with E-state index in [1.807, 2.05) is 6.92 Å². The summed E-state index contributed by atoms with van der Waals surface area (Å²) in [6.07, 6.45) is 43.0. The summed E-state index contributed by atoms with van der Waals surface area (Å²) in [4.78, 5) is 10.4. The van der Waals surface area contributed by atoms with Gasteiger partial charge in [-0.15, -0.1) is 9.35 Å². The molecule has 46 heavy (non-hydrogen) atoms. The minimum Gasteiger partial charge on any atom is -0.284 e. The molecule has 0 saturated carbocycles. The van der Waals surface area contributed by atoms with E-state index in [0.29, 0.717) is 19.6 Å². The third kappa shape index (κ3) is 36.9. The summed E-state index contributed by atoms with van der Waals surface area (Å²) in [5.74, 6) is 0. The molecule has 7 heteroatoms. The van der Waals surface area contributed by atoms with Crippen LogP contribution in [0.4, 0.5) is 0 Å². The zero-order chi connectivity index (χ0) is 33.5. The monoisotopic (exact) mass is 677 g/mol. The van der Waals surface area contributed by atoms with E-state index in [1.54, 1.807) is 0 Å². The van der Waals surface area contributed by atoms with Gasteiger partial charge in [-0.3, -0.25) is 4.52 Å². The molecule has 0 aliphatic rings. The second-order valence-corrected chi connectivity index (χ2v) is 15.1. The third-order valence-electron chi connectivity index (χ3n) is 8.90. The maximum absolute atomic E-state index is 12.8. The lowest BCUT2D eigenvalue weighted by Crippen LogP contribution is -2.05. The van der Waals surface area contributed by atoms with Crippen molar-refractivity contribution in [2.45, 2.75) is 233 Å². The maximum Gasteiger partial charge on any atom is 0.529 e. The Morgan fingerprint density at radius 2 is 0.543 bits per heavy atom. The molecule has 0 aromatic rings. The molecule has 0 amide bonds. The van der Waals surface area contributed by atoms with Gasteiger partial charge in [0.1, 0.15) is 0 Å². The molecule has 6 nitrogen and oxygen atoms in total. The van der Waals surface area contributed by atoms with E-state index in [1.165, 1.54) is 180 Å². The van der Waals surface area contributed by atoms with Crippen LogP contribution in [0.15, 0.2) is 0 Å². The van der Waals surface area contributed by atoms with E-state index in [0.717, 1.165) is 25.7 Å². The van der Waals surface area contributed by atoms with Gasteiger partial charge < -0.3 is 0 Å². The molecule has 0 spiro atoms. The van der Waals surface area contributed by atoms with Crippen molar-refractivity contribution in [3.8, 4) is 0 Å². The molecule has 0 aliphatic carbocycles. The van der Waals surface area contributed by atoms with Gasteiger partial charge in [0.15, 0.2) is 0 Å². The molecular weight excluding hydrogens is 595 g/mol. The van der Waals surface area contributed by atoms with Crippen LogP contribution in [-0.4, -0.2) is 19.8 Å². The number of phosphoric acid groups is 1. The van der Waals surface area contributed by atoms with E-state index in [9.17, 15) is 4.57 Å². The molecule has 0 N–H and O–H groups in total. The Balaban J connectivity index is 3.55. The zero-order valence-electron chi connectivity index (χ0n) is 31.4. The van der Waals surface area contributed by atoms with Gasteiger partial charge in [-0.2, -0.15) is 0 Å². The minimum absolute atomic E-state index is 0.266. The van der Waals surface area contributed by atoms with Gasteiger partial charge in [0.2, 0.25) is 0 Å². The quantitative estimate of drug-likeness (QED) is 0.0278. The van der Waals surface area contributed by atoms with Crippen LogP contribution in [-0.2, 0) is 28.2 Å². The fraction of sp³-hybridized carbons (Fsp3) is 1.00. The van der Waals surface area contributed by atoms with Crippen LogP contribution >= 0.6 is 7.82 Å². The topological polar surface area (TPSA) is 63.2 Å². The second kappa shape index (κ2) is 39.5. The minimum atomic E-state index is -3.86. The van der Waals surface area contributed by atoms with Crippen molar-refractivity contribution in [3.63, 3.8) is 0 Å². The lowest BCUT2D eigenvalue weighted by Gasteiger charge is -2.15. The Hall–Kier alpha value is 0.0300. The first-order valence-electron chi connectivity index (χ1n) is 20.6. The van der Waals surface area contributed by atoms with E-state index in [4.69, 9.17) is 23.6 Å². The van der Waals surface area contributed by atoms with Crippen molar-refractivity contribution in [3.05, 3.63) is 0 Å². The summed E-state index contributed by atoms with van der Waals surface area (Å²) in [5, 5.41) is 0. The fourth-order valence-electron chi connectivity index (χ4n) is 5.88. The lowest BCUT2D eigenvalue weighted by molar-refractivity contribution is -0.282. The largest absolute Gasteiger partial charge is 0.529 e. The average Bonchev–Trinajstić information content (AvgIpc) is 3.06. The molecule has 0 rings (SSSR count). The highest BCUT2D eigenvalue weighted by molar-refractivity contribution is 7.48. The van der Waals surface area contributed by atoms with Crippen LogP contribution in [0.1, 0.15) is 233 Å². The first-order chi connectivity index (χ1) is 22.7. The maximum atomic E-state index is 12.8. The van der Waals surface area contributed by atoms with E-state index >= 15 is 0 Å². The van der Waals surface area contributed by atoms with Crippen LogP contribution in [0.5, 0.6) is 0 Å². The predicted molar refractivity (Wildman–Crippen MR) is 197 cm³/mol. The van der Waals surface area contributed by atoms with Crippen molar-refractivity contribution >= 4 is 7.82 Å². The average molecular weight is 677 g/mol. The Morgan fingerprint density at radius 3 is 0.783 bits per heavy atom. The molecule has 0 fully saturated rings. The normalized spacial score (nSPS) is 12.0. The van der Waals surface area contributed by atoms with Crippen LogP contribution in [0.2, 0.25) is 0 Å². The molecule has 0 aromatic heterocycles. The highest BCUT2D eigenvalue weighted by Gasteiger charge is 2.30. The smallest absolute Gasteiger partial charge is 0.284 e. The summed E-state index contributed by atoms with van der Waals surface area (Å²) in [6, 6.07) is 0. The van der Waals surface area contributed by atoms with Gasteiger partial charge >= 0.3 is 7.82 Å². The lowest BCUT2D eigenvalue weighted by atomic mass is 10.0. The molecule has 0 radical (unpaired) electrons. The summed E-state index contributed by atoms with van der Waals surface area (Å²) in [5.41, 5.74) is 0. The Kier molecular flexibility index (Phi) is 39.5. The first-order valence-corrected chi connectivity index (χ1v) is 22.0. The van der Waals surface area contributed by atoms with E-state index < -0.39 is 7.82 Å². The molecule has 0 bridgehead atoms. The van der Waals surface area contributed by atoms with Gasteiger partial charge in [0.25, 0.3) is 0 Å². The SMILES string of the molecule is CCCCCCCCCCCCCCCCCCOOP(=O)(OCCC)OOCCCCCCCCCCCCCCCCCC. The Bertz CT molecular complexity index is 561. The molecule has 0 aromatic carbocycles. The molecule has 278 valence electrons. The van der Waals surface area contributed by atoms with Crippen LogP contribution in [0.25, 0.3) is 0 Å². The van der Waals surface area contributed by atoms with E-state index in [-0.39, 0.29) is 6.61 Å². The predicted octanol–water partition coefficient (Wildman–Crippen LogP) is 14.9. The fourth-order valence-corrected chi connectivity index (χ4v) is 6.80. The number of rotatable bonds is 41. The van der Waals surface area contributed by atoms with Crippen molar-refractivity contribution in [2.24, 2.45) is 0 Å². The summed E-state index contributed by atoms with van der Waals surface area (Å²) < 4.78 is 28.3. The molecule has 0 saturated heterocycles. The second-order valence-electron chi connectivity index (χ2n) is 13.7. The van der Waals surface area contributed by atoms with E-state index in [2.05, 4.69) is 13.8 Å². The number of unbranched alkanes of at least 4 members (excludes halogenated alkanes) is 30. The van der Waals surface area contributed by atoms with Gasteiger partial charge in [0.05, 0.1) is 19.8 Å². The van der Waals surface area contributed by atoms with Crippen LogP contribution in [0.3, 0.4) is 0 Å². The van der Waals surface area contributed by atoms with Crippen molar-refractivity contribution in [1.82, 2.24) is 0 Å². The first kappa shape index (κ1) is 46.0. The van der Waals surface area contributed by atoms with Crippen molar-refractivity contribution in [1.29, 1.82) is 0 Å². The summed E-state index contributed by atoms with van der Waals surface area (Å²) in [7, 11) is -3.86. The van der Waals surface area contributed by atoms with Crippen LogP contribution < -0.4 is 0 Å². The Labute approximate surface area is 288 Å². The molecule has 0 aliphatic heterocycles. The Morgan fingerprint density at radius 1 is 0.304 bits per heavy atom. The summed E-state index contributed by atoms with van der Waals surface area (Å²) in [6.45, 7) is 7.52. The molecule has 0 unspecified atom stereocenters. The molecular formula is C39H81O6P. The summed E-state index contributed by atoms with van der Waals surface area (Å²) >= 11 is 0. The standard InChI is InChI=1S/C39H81O6P/c1-4-7-9-11-13-15-17-19-21-23-25-27-29-31-33-35-38-41-44-46(40,43-37-6-3)45-42-39-36-34-32-30-28-26-24-22-20-18-16-14-12-10-8-5-2/h4-39H2,1-3H3. The van der Waals surface area contributed by atoms with Gasteiger partial charge in [-0.25, -0.2) is 14.3 Å². The van der Waals surface area contributed by atoms with Crippen molar-refractivity contribution < 1.29 is 28.2 Å². The zero-order valence-corrected chi connectivity index (χ0v) is 32.2. The third-order valence-corrected chi connectivity index (χ3v) is 9.98. The highest BCUT2D eigenvalue weighted by Crippen LogP contribution is 2.50. The van der Waals surface area contributed by atoms with Gasteiger partial charge in [0, 0.05) is 0 Å². The van der Waals surface area contributed by atoms with Crippen LogP contribution in [0, 0.1) is 0 Å². The number of hydrogen-bond acceptors (Lipinski definition) is 6.